The number of piperazine rings is 1. The summed E-state index contributed by atoms with van der Waals surface area (Å²) in [6.07, 6.45) is 2.87. The first-order valence-electron chi connectivity index (χ1n) is 5.90. The fraction of sp³-hybridized carbons (Fsp3) is 0.667. The monoisotopic (exact) mass is 258 g/mol. The minimum absolute atomic E-state index is 0.0237. The van der Waals surface area contributed by atoms with Gasteiger partial charge in [0.25, 0.3) is 0 Å². The molecule has 96 valence electrons. The van der Waals surface area contributed by atoms with Gasteiger partial charge in [-0.15, -0.1) is 0 Å². The van der Waals surface area contributed by atoms with Crippen molar-refractivity contribution < 1.29 is 9.59 Å². The molecule has 0 bridgehead atoms. The summed E-state index contributed by atoms with van der Waals surface area (Å²) in [6.45, 7) is 5.92. The summed E-state index contributed by atoms with van der Waals surface area (Å²) >= 11 is 5.47. The lowest BCUT2D eigenvalue weighted by atomic mass is 9.87. The standard InChI is InChI=1S/C12H19ClN2O2/c1-4-12(5-2)11(17)15(8-6-7-13)9(3)10(16)14-12/h6-7,9H,4-5,8H2,1-3H3,(H,14,16)/b7-6+. The van der Waals surface area contributed by atoms with Gasteiger partial charge in [-0.1, -0.05) is 31.5 Å². The van der Waals surface area contributed by atoms with Gasteiger partial charge in [-0.3, -0.25) is 9.59 Å². The van der Waals surface area contributed by atoms with Crippen LogP contribution in [0.3, 0.4) is 0 Å². The lowest BCUT2D eigenvalue weighted by molar-refractivity contribution is -0.154. The van der Waals surface area contributed by atoms with Crippen molar-refractivity contribution in [3.05, 3.63) is 11.6 Å². The topological polar surface area (TPSA) is 49.4 Å². The molecule has 0 spiro atoms. The number of carbonyl (C=O) groups is 2. The first-order valence-corrected chi connectivity index (χ1v) is 6.34. The first kappa shape index (κ1) is 14.0. The lowest BCUT2D eigenvalue weighted by Crippen LogP contribution is -2.69. The molecular weight excluding hydrogens is 240 g/mol. The molecule has 0 radical (unpaired) electrons. The van der Waals surface area contributed by atoms with Gasteiger partial charge in [0.05, 0.1) is 0 Å². The van der Waals surface area contributed by atoms with Crippen LogP contribution in [0.1, 0.15) is 33.6 Å². The second kappa shape index (κ2) is 5.54. The van der Waals surface area contributed by atoms with Crippen LogP contribution in [-0.2, 0) is 9.59 Å². The second-order valence-electron chi connectivity index (χ2n) is 4.27. The predicted octanol–water partition coefficient (Wildman–Crippen LogP) is 1.64. The molecule has 1 fully saturated rings. The van der Waals surface area contributed by atoms with E-state index in [0.717, 1.165) is 0 Å². The summed E-state index contributed by atoms with van der Waals surface area (Å²) in [5, 5.41) is 2.85. The number of rotatable bonds is 4. The highest BCUT2D eigenvalue weighted by Gasteiger charge is 2.46. The van der Waals surface area contributed by atoms with E-state index in [9.17, 15) is 9.59 Å². The van der Waals surface area contributed by atoms with Crippen LogP contribution in [0.2, 0.25) is 0 Å². The largest absolute Gasteiger partial charge is 0.340 e. The smallest absolute Gasteiger partial charge is 0.249 e. The van der Waals surface area contributed by atoms with Crippen molar-refractivity contribution in [1.82, 2.24) is 10.2 Å². The van der Waals surface area contributed by atoms with Crippen LogP contribution in [0, 0.1) is 0 Å². The molecule has 0 aliphatic carbocycles. The van der Waals surface area contributed by atoms with E-state index in [1.54, 1.807) is 17.9 Å². The molecule has 0 aromatic heterocycles. The van der Waals surface area contributed by atoms with Gasteiger partial charge in [-0.2, -0.15) is 0 Å². The van der Waals surface area contributed by atoms with Crippen LogP contribution in [0.25, 0.3) is 0 Å². The summed E-state index contributed by atoms with van der Waals surface area (Å²) in [5.74, 6) is -0.124. The van der Waals surface area contributed by atoms with Gasteiger partial charge in [-0.25, -0.2) is 0 Å². The summed E-state index contributed by atoms with van der Waals surface area (Å²) < 4.78 is 0. The van der Waals surface area contributed by atoms with E-state index in [1.165, 1.54) is 5.54 Å². The van der Waals surface area contributed by atoms with Crippen molar-refractivity contribution in [2.45, 2.75) is 45.2 Å². The number of hydrogen-bond donors (Lipinski definition) is 1. The maximum Gasteiger partial charge on any atom is 0.249 e. The Morgan fingerprint density at radius 1 is 1.41 bits per heavy atom. The summed E-state index contributed by atoms with van der Waals surface area (Å²) in [4.78, 5) is 25.9. The van der Waals surface area contributed by atoms with Gasteiger partial charge in [0, 0.05) is 12.1 Å². The Hall–Kier alpha value is -1.03. The zero-order valence-electron chi connectivity index (χ0n) is 10.5. The Labute approximate surface area is 107 Å². The van der Waals surface area contributed by atoms with Crippen LogP contribution in [-0.4, -0.2) is 34.8 Å². The normalized spacial score (nSPS) is 24.2. The van der Waals surface area contributed by atoms with E-state index in [1.807, 2.05) is 13.8 Å². The number of amides is 2. The molecule has 1 aliphatic heterocycles. The van der Waals surface area contributed by atoms with Crippen molar-refractivity contribution in [2.75, 3.05) is 6.54 Å². The maximum atomic E-state index is 12.4. The molecule has 2 amide bonds. The van der Waals surface area contributed by atoms with Crippen molar-refractivity contribution in [2.24, 2.45) is 0 Å². The molecule has 1 aliphatic rings. The summed E-state index contributed by atoms with van der Waals surface area (Å²) in [5.41, 5.74) is 0.621. The van der Waals surface area contributed by atoms with Crippen molar-refractivity contribution >= 4 is 23.4 Å². The molecule has 1 unspecified atom stereocenters. The summed E-state index contributed by atoms with van der Waals surface area (Å²) in [7, 11) is 0. The zero-order valence-corrected chi connectivity index (χ0v) is 11.3. The molecule has 1 atom stereocenters. The van der Waals surface area contributed by atoms with Crippen LogP contribution in [0.5, 0.6) is 0 Å². The second-order valence-corrected chi connectivity index (χ2v) is 4.53. The number of nitrogens with one attached hydrogen (secondary N) is 1. The van der Waals surface area contributed by atoms with Gasteiger partial charge in [-0.05, 0) is 19.8 Å². The van der Waals surface area contributed by atoms with E-state index < -0.39 is 11.6 Å². The van der Waals surface area contributed by atoms with Gasteiger partial charge < -0.3 is 10.2 Å². The third-order valence-electron chi connectivity index (χ3n) is 3.48. The van der Waals surface area contributed by atoms with Gasteiger partial charge in [0.1, 0.15) is 11.6 Å². The molecule has 0 aromatic rings. The van der Waals surface area contributed by atoms with Gasteiger partial charge in [0.2, 0.25) is 11.8 Å². The molecule has 1 N–H and O–H groups in total. The molecule has 0 saturated carbocycles. The fourth-order valence-corrected chi connectivity index (χ4v) is 2.19. The number of carbonyl (C=O) groups excluding carboxylic acids is 2. The Morgan fingerprint density at radius 2 is 2.00 bits per heavy atom. The molecule has 17 heavy (non-hydrogen) atoms. The average Bonchev–Trinajstić information content (AvgIpc) is 2.34. The molecule has 5 heteroatoms. The quantitative estimate of drug-likeness (QED) is 0.834. The zero-order chi connectivity index (χ0) is 13.1. The molecule has 4 nitrogen and oxygen atoms in total. The highest BCUT2D eigenvalue weighted by atomic mass is 35.5. The first-order chi connectivity index (χ1) is 8.02. The van der Waals surface area contributed by atoms with Gasteiger partial charge >= 0.3 is 0 Å². The Kier molecular flexibility index (Phi) is 4.57. The van der Waals surface area contributed by atoms with Crippen LogP contribution < -0.4 is 5.32 Å². The van der Waals surface area contributed by atoms with E-state index >= 15 is 0 Å². The Morgan fingerprint density at radius 3 is 2.47 bits per heavy atom. The van der Waals surface area contributed by atoms with E-state index in [-0.39, 0.29) is 11.8 Å². The fourth-order valence-electron chi connectivity index (χ4n) is 2.11. The Balaban J connectivity index is 3.02. The van der Waals surface area contributed by atoms with Crippen LogP contribution in [0.15, 0.2) is 11.6 Å². The van der Waals surface area contributed by atoms with Crippen LogP contribution >= 0.6 is 11.6 Å². The minimum Gasteiger partial charge on any atom is -0.340 e. The van der Waals surface area contributed by atoms with E-state index in [0.29, 0.717) is 19.4 Å². The number of nitrogens with zero attached hydrogens (tertiary/aromatic N) is 1. The van der Waals surface area contributed by atoms with E-state index in [4.69, 9.17) is 11.6 Å². The third-order valence-corrected chi connectivity index (χ3v) is 3.66. The highest BCUT2D eigenvalue weighted by Crippen LogP contribution is 2.24. The summed E-state index contributed by atoms with van der Waals surface area (Å²) in [6, 6.07) is -0.443. The molecule has 0 aromatic carbocycles. The maximum absolute atomic E-state index is 12.4. The SMILES string of the molecule is CCC1(CC)NC(=O)C(C)N(C/C=C/Cl)C1=O. The number of halogens is 1. The highest BCUT2D eigenvalue weighted by molar-refractivity contribution is 6.25. The molecule has 1 rings (SSSR count). The molecule has 1 saturated heterocycles. The predicted molar refractivity (Wildman–Crippen MR) is 67.6 cm³/mol. The van der Waals surface area contributed by atoms with Crippen molar-refractivity contribution in [3.63, 3.8) is 0 Å². The van der Waals surface area contributed by atoms with Crippen LogP contribution in [0.4, 0.5) is 0 Å². The number of hydrogen-bond acceptors (Lipinski definition) is 2. The van der Waals surface area contributed by atoms with E-state index in [2.05, 4.69) is 5.32 Å². The molecule has 1 heterocycles. The third kappa shape index (κ3) is 2.46. The van der Waals surface area contributed by atoms with Crippen molar-refractivity contribution in [1.29, 1.82) is 0 Å². The molecular formula is C12H19ClN2O2. The average molecular weight is 259 g/mol. The van der Waals surface area contributed by atoms with Gasteiger partial charge in [0.15, 0.2) is 0 Å². The lowest BCUT2D eigenvalue weighted by Gasteiger charge is -2.44. The Bertz CT molecular complexity index is 337. The van der Waals surface area contributed by atoms with Crippen molar-refractivity contribution in [3.8, 4) is 0 Å². The minimum atomic E-state index is -0.746.